The van der Waals surface area contributed by atoms with Gasteiger partial charge in [-0.1, -0.05) is 19.3 Å². The van der Waals surface area contributed by atoms with Crippen molar-refractivity contribution in [2.24, 2.45) is 0 Å². The highest BCUT2D eigenvalue weighted by Crippen LogP contribution is 2.23. The maximum absolute atomic E-state index is 11.5. The zero-order chi connectivity index (χ0) is 21.9. The highest BCUT2D eigenvalue weighted by Gasteiger charge is 2.17. The summed E-state index contributed by atoms with van der Waals surface area (Å²) in [5, 5.41) is 0. The Bertz CT molecular complexity index is 781. The van der Waals surface area contributed by atoms with E-state index in [1.54, 1.807) is 14.0 Å². The molecule has 0 unspecified atom stereocenters. The second-order valence-corrected chi connectivity index (χ2v) is 8.18. The van der Waals surface area contributed by atoms with Crippen LogP contribution in [0.15, 0.2) is 48.5 Å². The van der Waals surface area contributed by atoms with Gasteiger partial charge in [-0.15, -0.1) is 0 Å². The van der Waals surface area contributed by atoms with E-state index in [1.165, 1.54) is 30.6 Å². The molecule has 168 valence electrons. The van der Waals surface area contributed by atoms with Crippen molar-refractivity contribution in [3.63, 3.8) is 0 Å². The lowest BCUT2D eigenvalue weighted by molar-refractivity contribution is 0.101. The van der Waals surface area contributed by atoms with Crippen molar-refractivity contribution in [1.29, 1.82) is 0 Å². The van der Waals surface area contributed by atoms with E-state index in [1.807, 2.05) is 12.1 Å². The van der Waals surface area contributed by atoms with Crippen LogP contribution in [-0.4, -0.2) is 52.3 Å². The van der Waals surface area contributed by atoms with Gasteiger partial charge in [0, 0.05) is 56.8 Å². The third-order valence-corrected chi connectivity index (χ3v) is 5.88. The van der Waals surface area contributed by atoms with Gasteiger partial charge in [0.05, 0.1) is 6.61 Å². The van der Waals surface area contributed by atoms with Crippen molar-refractivity contribution in [3.8, 4) is 5.75 Å². The lowest BCUT2D eigenvalue weighted by Crippen LogP contribution is -2.46. The molecule has 0 aromatic heterocycles. The van der Waals surface area contributed by atoms with Crippen molar-refractivity contribution in [2.45, 2.75) is 39.0 Å². The number of carbonyl (C=O) groups is 1. The molecule has 5 nitrogen and oxygen atoms in total. The van der Waals surface area contributed by atoms with Gasteiger partial charge in [-0.2, -0.15) is 0 Å². The number of carbonyl (C=O) groups excluding carboxylic acids is 1. The Labute approximate surface area is 187 Å². The van der Waals surface area contributed by atoms with E-state index in [4.69, 9.17) is 9.47 Å². The normalized spacial score (nSPS) is 14.0. The van der Waals surface area contributed by atoms with Crippen LogP contribution in [0.1, 0.15) is 49.4 Å². The average molecular weight is 425 g/mol. The molecule has 0 radical (unpaired) electrons. The molecule has 5 heteroatoms. The van der Waals surface area contributed by atoms with Gasteiger partial charge in [0.25, 0.3) is 0 Å². The van der Waals surface area contributed by atoms with Crippen LogP contribution < -0.4 is 14.5 Å². The van der Waals surface area contributed by atoms with Crippen molar-refractivity contribution < 1.29 is 14.3 Å². The number of piperazine rings is 1. The van der Waals surface area contributed by atoms with Crippen molar-refractivity contribution >= 4 is 17.2 Å². The standard InChI is InChI=1S/C26H36N2O3/c1-22(29)23-8-10-24(11-9-23)27-16-18-28(19-17-27)25-12-14-26(15-13-25)31-21-7-5-3-4-6-20-30-2/h8-15H,3-7,16-21H2,1-2H3. The summed E-state index contributed by atoms with van der Waals surface area (Å²) >= 11 is 0. The van der Waals surface area contributed by atoms with E-state index in [-0.39, 0.29) is 5.78 Å². The summed E-state index contributed by atoms with van der Waals surface area (Å²) in [5.74, 6) is 1.06. The quantitative estimate of drug-likeness (QED) is 0.346. The smallest absolute Gasteiger partial charge is 0.159 e. The predicted molar refractivity (Wildman–Crippen MR) is 128 cm³/mol. The van der Waals surface area contributed by atoms with E-state index < -0.39 is 0 Å². The minimum atomic E-state index is 0.113. The summed E-state index contributed by atoms with van der Waals surface area (Å²) in [6.45, 7) is 7.17. The van der Waals surface area contributed by atoms with Gasteiger partial charge < -0.3 is 19.3 Å². The van der Waals surface area contributed by atoms with Crippen LogP contribution in [0.4, 0.5) is 11.4 Å². The van der Waals surface area contributed by atoms with Crippen molar-refractivity contribution in [1.82, 2.24) is 0 Å². The van der Waals surface area contributed by atoms with Gasteiger partial charge in [0.2, 0.25) is 0 Å². The molecule has 31 heavy (non-hydrogen) atoms. The Kier molecular flexibility index (Phi) is 9.22. The second kappa shape index (κ2) is 12.4. The summed E-state index contributed by atoms with van der Waals surface area (Å²) in [7, 11) is 1.76. The number of nitrogens with zero attached hydrogens (tertiary/aromatic N) is 2. The summed E-state index contributed by atoms with van der Waals surface area (Å²) in [6, 6.07) is 16.4. The Hall–Kier alpha value is -2.53. The number of ketones is 1. The Morgan fingerprint density at radius 1 is 0.742 bits per heavy atom. The van der Waals surface area contributed by atoms with E-state index in [9.17, 15) is 4.79 Å². The number of ether oxygens (including phenoxy) is 2. The molecular formula is C26H36N2O3. The summed E-state index contributed by atoms with van der Waals surface area (Å²) in [4.78, 5) is 16.3. The lowest BCUT2D eigenvalue weighted by atomic mass is 10.1. The molecule has 3 rings (SSSR count). The maximum atomic E-state index is 11.5. The van der Waals surface area contributed by atoms with Crippen molar-refractivity contribution in [3.05, 3.63) is 54.1 Å². The number of unbranched alkanes of at least 4 members (excludes halogenated alkanes) is 4. The first-order valence-electron chi connectivity index (χ1n) is 11.5. The topological polar surface area (TPSA) is 42.0 Å². The zero-order valence-electron chi connectivity index (χ0n) is 19.0. The second-order valence-electron chi connectivity index (χ2n) is 8.18. The molecule has 0 N–H and O–H groups in total. The first kappa shape index (κ1) is 23.1. The van der Waals surface area contributed by atoms with Gasteiger partial charge in [-0.3, -0.25) is 4.79 Å². The number of benzene rings is 2. The van der Waals surface area contributed by atoms with E-state index >= 15 is 0 Å². The van der Waals surface area contributed by atoms with Gasteiger partial charge in [0.1, 0.15) is 5.75 Å². The maximum Gasteiger partial charge on any atom is 0.159 e. The van der Waals surface area contributed by atoms with E-state index in [0.29, 0.717) is 0 Å². The first-order chi connectivity index (χ1) is 15.2. The minimum Gasteiger partial charge on any atom is -0.494 e. The van der Waals surface area contributed by atoms with Crippen LogP contribution in [0.5, 0.6) is 5.75 Å². The molecular weight excluding hydrogens is 388 g/mol. The molecule has 0 bridgehead atoms. The molecule has 2 aromatic rings. The number of Topliss-reactive ketones (excluding diaryl/α,β-unsaturated/α-hetero) is 1. The van der Waals surface area contributed by atoms with Crippen LogP contribution in [-0.2, 0) is 4.74 Å². The van der Waals surface area contributed by atoms with Gasteiger partial charge in [-0.25, -0.2) is 0 Å². The first-order valence-corrected chi connectivity index (χ1v) is 11.5. The van der Waals surface area contributed by atoms with E-state index in [0.717, 1.165) is 63.5 Å². The summed E-state index contributed by atoms with van der Waals surface area (Å²) in [6.07, 6.45) is 5.95. The van der Waals surface area contributed by atoms with Crippen LogP contribution in [0.25, 0.3) is 0 Å². The molecule has 0 spiro atoms. The summed E-state index contributed by atoms with van der Waals surface area (Å²) < 4.78 is 11.0. The Morgan fingerprint density at radius 2 is 1.23 bits per heavy atom. The molecule has 0 amide bonds. The molecule has 0 atom stereocenters. The van der Waals surface area contributed by atoms with Crippen LogP contribution in [0.2, 0.25) is 0 Å². The van der Waals surface area contributed by atoms with Gasteiger partial charge in [-0.05, 0) is 68.3 Å². The fourth-order valence-corrected chi connectivity index (χ4v) is 3.95. The average Bonchev–Trinajstić information content (AvgIpc) is 2.81. The molecule has 0 aliphatic carbocycles. The largest absolute Gasteiger partial charge is 0.494 e. The number of methoxy groups -OCH3 is 1. The Balaban J connectivity index is 1.37. The molecule has 0 saturated carbocycles. The van der Waals surface area contributed by atoms with Crippen molar-refractivity contribution in [2.75, 3.05) is 56.3 Å². The summed E-state index contributed by atoms with van der Waals surface area (Å²) in [5.41, 5.74) is 3.20. The molecule has 1 aliphatic rings. The van der Waals surface area contributed by atoms with Crippen LogP contribution >= 0.6 is 0 Å². The van der Waals surface area contributed by atoms with Gasteiger partial charge >= 0.3 is 0 Å². The molecule has 1 heterocycles. The fraction of sp³-hybridized carbons (Fsp3) is 0.500. The third kappa shape index (κ3) is 7.28. The molecule has 2 aromatic carbocycles. The predicted octanol–water partition coefficient (Wildman–Crippen LogP) is 5.19. The minimum absolute atomic E-state index is 0.113. The number of hydrogen-bond donors (Lipinski definition) is 0. The third-order valence-electron chi connectivity index (χ3n) is 5.88. The van der Waals surface area contributed by atoms with Gasteiger partial charge in [0.15, 0.2) is 5.78 Å². The highest BCUT2D eigenvalue weighted by atomic mass is 16.5. The van der Waals surface area contributed by atoms with Crippen LogP contribution in [0, 0.1) is 0 Å². The fourth-order valence-electron chi connectivity index (χ4n) is 3.95. The van der Waals surface area contributed by atoms with Crippen LogP contribution in [0.3, 0.4) is 0 Å². The molecule has 1 aliphatic heterocycles. The Morgan fingerprint density at radius 3 is 1.74 bits per heavy atom. The highest BCUT2D eigenvalue weighted by molar-refractivity contribution is 5.94. The van der Waals surface area contributed by atoms with E-state index in [2.05, 4.69) is 46.2 Å². The zero-order valence-corrected chi connectivity index (χ0v) is 19.0. The lowest BCUT2D eigenvalue weighted by Gasteiger charge is -2.37. The number of hydrogen-bond acceptors (Lipinski definition) is 5. The monoisotopic (exact) mass is 424 g/mol. The molecule has 1 saturated heterocycles. The SMILES string of the molecule is COCCCCCCCOc1ccc(N2CCN(c3ccc(C(C)=O)cc3)CC2)cc1. The molecule has 1 fully saturated rings. The number of anilines is 2. The number of rotatable bonds is 12.